The highest BCUT2D eigenvalue weighted by molar-refractivity contribution is 7.80. The van der Waals surface area contributed by atoms with Crippen molar-refractivity contribution >= 4 is 11.1 Å². The molecule has 62 heteroatoms. The summed E-state index contributed by atoms with van der Waals surface area (Å²) >= 11 is -3.11. The van der Waals surface area contributed by atoms with E-state index in [0.29, 0.717) is 0 Å². The second-order valence-corrected chi connectivity index (χ2v) is 35.8. The van der Waals surface area contributed by atoms with Crippen molar-refractivity contribution in [2.24, 2.45) is 0 Å². The van der Waals surface area contributed by atoms with Crippen LogP contribution in [0.15, 0.2) is 0 Å². The van der Waals surface area contributed by atoms with E-state index in [-0.39, 0.29) is 0 Å². The Bertz CT molecular complexity index is 3650. The van der Waals surface area contributed by atoms with Gasteiger partial charge in [-0.15, -0.1) is 0 Å². The van der Waals surface area contributed by atoms with E-state index < -0.39 is 471 Å². The molecule has 44 rings (SSSR count). The summed E-state index contributed by atoms with van der Waals surface area (Å²) in [7, 11) is 0. The van der Waals surface area contributed by atoms with Crippen molar-refractivity contribution in [1.82, 2.24) is 0 Å². The number of hydrogen-bond acceptors (Lipinski definition) is 61. The number of hydrogen-bond donors (Lipinski definition) is 34. The molecule has 44 aliphatic rings. The largest absolute Gasteiger partial charge is 0.394 e. The quantitative estimate of drug-likeness (QED) is 0.0606. The third-order valence-electron chi connectivity index (χ3n) is 26.1. The van der Waals surface area contributed by atoms with Crippen LogP contribution >= 0.6 is 0 Å². The minimum Gasteiger partial charge on any atom is -0.394 e. The van der Waals surface area contributed by atoms with E-state index in [1.807, 2.05) is 0 Å². The molecule has 24 bridgehead atoms. The van der Waals surface area contributed by atoms with Gasteiger partial charge < -0.3 is 292 Å². The minimum absolute atomic E-state index is 1.08. The summed E-state index contributed by atoms with van der Waals surface area (Å²) in [6, 6.07) is 0. The first-order chi connectivity index (χ1) is 64.9. The fourth-order valence-corrected chi connectivity index (χ4v) is 19.3. The van der Waals surface area contributed by atoms with Gasteiger partial charge in [-0.25, -0.2) is 4.21 Å². The third kappa shape index (κ3) is 22.0. The number of aliphatic hydroxyl groups is 34. The highest BCUT2D eigenvalue weighted by atomic mass is 32.2. The van der Waals surface area contributed by atoms with Crippen LogP contribution in [0, 0.1) is 0 Å². The second-order valence-electron chi connectivity index (χ2n) is 34.6. The van der Waals surface area contributed by atoms with Gasteiger partial charge in [-0.05, 0) is 0 Å². The first-order valence-electron chi connectivity index (χ1n) is 43.6. The summed E-state index contributed by atoms with van der Waals surface area (Å²) in [6.07, 6.45) is -132. The second kappa shape index (κ2) is 47.3. The van der Waals surface area contributed by atoms with E-state index in [2.05, 4.69) is 0 Å². The molecule has 34 N–H and O–H groups in total. The van der Waals surface area contributed by atoms with E-state index in [1.54, 1.807) is 0 Å². The predicted octanol–water partition coefficient (Wildman–Crippen LogP) is -25.4. The zero-order valence-corrected chi connectivity index (χ0v) is 72.0. The Morgan fingerprint density at radius 2 is 0.287 bits per heavy atom. The monoisotopic (exact) mass is 2020 g/mol. The summed E-state index contributed by atoms with van der Waals surface area (Å²) in [5, 5.41) is 388. The first kappa shape index (κ1) is 109. The lowest BCUT2D eigenvalue weighted by atomic mass is 9.94. The third-order valence-corrected chi connectivity index (χ3v) is 27.0. The van der Waals surface area contributed by atoms with Crippen molar-refractivity contribution in [3.8, 4) is 0 Å². The Labute approximate surface area is 769 Å². The molecule has 136 heavy (non-hydrogen) atoms. The number of rotatable bonds is 18. The van der Waals surface area contributed by atoms with Gasteiger partial charge >= 0.3 is 0 Å². The van der Waals surface area contributed by atoms with Crippen LogP contribution in [0.1, 0.15) is 0 Å². The van der Waals surface area contributed by atoms with Crippen molar-refractivity contribution in [3.63, 3.8) is 0 Å². The maximum atomic E-state index is 15.0. The Morgan fingerprint density at radius 1 is 0.162 bits per heavy atom. The molecule has 0 radical (unpaired) electrons. The first-order valence-corrected chi connectivity index (χ1v) is 44.8. The molecule has 0 aliphatic carbocycles. The highest BCUT2D eigenvalue weighted by Crippen LogP contribution is 2.44. The van der Waals surface area contributed by atoms with E-state index in [4.69, 9.17) is 123 Å². The van der Waals surface area contributed by atoms with Gasteiger partial charge in [-0.3, -0.25) is 4.18 Å². The zero-order chi connectivity index (χ0) is 98.5. The molecule has 44 fully saturated rings. The molecule has 0 aromatic carbocycles. The van der Waals surface area contributed by atoms with Crippen LogP contribution in [0.3, 0.4) is 0 Å². The Balaban J connectivity index is 0.754. The number of aliphatic hydroxyl groups excluding tert-OH is 34. The average Bonchev–Trinajstić information content (AvgIpc) is 0.765. The van der Waals surface area contributed by atoms with Crippen LogP contribution in [0.5, 0.6) is 0 Å². The highest BCUT2D eigenvalue weighted by Gasteiger charge is 2.64. The van der Waals surface area contributed by atoms with Gasteiger partial charge in [0.2, 0.25) is 0 Å². The van der Waals surface area contributed by atoms with Gasteiger partial charge in [-0.2, -0.15) is 0 Å². The lowest BCUT2D eigenvalue weighted by molar-refractivity contribution is -0.404. The molecule has 0 spiro atoms. The summed E-state index contributed by atoms with van der Waals surface area (Å²) in [4.78, 5) is 0. The average molecular weight is 2020 g/mol. The summed E-state index contributed by atoms with van der Waals surface area (Å²) < 4.78 is 168. The standard InChI is InChI=1S/C74H122O61S/c75-3-15-49-27(87)37(97)63(111-15)125-51-17(5-77)115-67(41(101)31(51)91)129-55-21(9-81)119-71(45(105)35(55)95)133-59-25(13-85)121-73(131-57-23(11-83)117-69(43(103)33(57)93)127-53-19(7-79)113-65(123-49)39(99)29(53)89)47(107)61(59)110-1-2-136(109)135-62-48(108)74-122-26(14-86)60(62)134-72-46(106)36(96)56(22(10-82)120-72)130-68-42(102)32(92)52(18(6-78)116-68)126-64-38(98)28(88)50(16(4-76)112-64)124-66-40(100)30(90)54(20(8-80)114-66)128-70-44(104)34(94)58(132-74)24(12-84)118-70/h15-108H,1-14H2/t15-,16-,17-,18-,19-,20-,21-,22-,23-,24-,25-,26-,27-,28-,29-,30-,31-,32-,33-,34-,35-,36-,37-,38-,39-,40-,41-,42-,43-,44-,45-,46-,47-,48-,49-,50-,51-,52-,53-,54-,55-,56-,57-,58-,59+,60+,61-,62-,63-,64-,65-,66-,67-,68-,69-,70-,71-,72-,73-,74-,136?/m1/s1. The zero-order valence-electron chi connectivity index (χ0n) is 71.2. The smallest absolute Gasteiger partial charge is 0.187 e. The lowest BCUT2D eigenvalue weighted by Gasteiger charge is -2.51. The van der Waals surface area contributed by atoms with Crippen molar-refractivity contribution in [3.05, 3.63) is 0 Å². The van der Waals surface area contributed by atoms with Gasteiger partial charge in [0.1, 0.15) is 293 Å². The molecule has 1 unspecified atom stereocenters. The molecule has 790 valence electrons. The number of ether oxygens (including phenoxy) is 25. The van der Waals surface area contributed by atoms with E-state index in [9.17, 15) is 178 Å². The van der Waals surface area contributed by atoms with Gasteiger partial charge in [-0.1, -0.05) is 0 Å². The summed E-state index contributed by atoms with van der Waals surface area (Å²) in [5.41, 5.74) is 0. The summed E-state index contributed by atoms with van der Waals surface area (Å²) in [5.74, 6) is -1.08. The SMILES string of the molecule is O=S(CCO[C@@H]1[C@@H](O)[C@H]2O[C@H]3[C@H](O)[C@@H](O)[C@@H](O[C@H]4[C@H](O)[C@@H](O)[C@@H](O[C@H]5[C@H](O)[C@@H](O)[C@@H](O[C@H]6[C@H](O)[C@@H](O)[C@@H](O[C@H]7[C@H](O)[C@@H](O)[C@@H](O[C@H]1[C@@H](CO)O2)O[C@@H]7CO)O[C@@H]6CO)O[C@@H]5CO)O[C@@H]4CO)O[C@@H]3CO)O[C@@H]1[C@@H](O)[C@H]2O[C@H]3[C@H](O)[C@@H](O)[C@@H](O[C@H]4[C@H](O)[C@@H](O)[C@@H](O[C@H]5[C@H](O)[C@@H](O)[C@@H](O[C@H]6[C@H](O)[C@@H](O)[C@@H](O[C@H]7[C@H](O)[C@@H](O)[C@@H](O[C@H]1[C@@H](CO)O2)O[C@@H]7CO)O[C@@H]6CO)O[C@@H]5CO)O[C@@H]4CO)O[C@@H]3CO. The van der Waals surface area contributed by atoms with Gasteiger partial charge in [0.25, 0.3) is 0 Å². The topological polar surface area (TPSA) is 945 Å². The fraction of sp³-hybridized carbons (Fsp3) is 1.00. The normalized spacial score (nSPS) is 54.5. The Hall–Kier alpha value is -2.25. The van der Waals surface area contributed by atoms with Crippen LogP contribution in [-0.2, 0) is 134 Å². The Morgan fingerprint density at radius 3 is 0.441 bits per heavy atom. The summed E-state index contributed by atoms with van der Waals surface area (Å²) in [6.45, 7) is -15.5. The molecule has 0 amide bonds. The van der Waals surface area contributed by atoms with Crippen LogP contribution in [0.25, 0.3) is 0 Å². The van der Waals surface area contributed by atoms with Crippen molar-refractivity contribution < 1.29 is 300 Å². The molecule has 44 heterocycles. The van der Waals surface area contributed by atoms with Crippen LogP contribution < -0.4 is 0 Å². The molecule has 0 saturated carbocycles. The maximum Gasteiger partial charge on any atom is 0.187 e. The molecular formula is C74H122O61S. The van der Waals surface area contributed by atoms with Crippen molar-refractivity contribution in [2.45, 2.75) is 368 Å². The van der Waals surface area contributed by atoms with Crippen LogP contribution in [0.4, 0.5) is 0 Å². The molecule has 61 atom stereocenters. The molecule has 0 aromatic heterocycles. The molecule has 44 aliphatic heterocycles. The predicted molar refractivity (Wildman–Crippen MR) is 407 cm³/mol. The van der Waals surface area contributed by atoms with E-state index >= 15 is 0 Å². The van der Waals surface area contributed by atoms with E-state index in [1.165, 1.54) is 0 Å². The molecular weight excluding hydrogens is 1900 g/mol. The van der Waals surface area contributed by atoms with E-state index in [0.717, 1.165) is 0 Å². The maximum absolute atomic E-state index is 15.0. The van der Waals surface area contributed by atoms with Crippen LogP contribution in [0.2, 0.25) is 0 Å². The lowest BCUT2D eigenvalue weighted by Crippen LogP contribution is -2.69. The molecule has 44 saturated heterocycles. The van der Waals surface area contributed by atoms with Gasteiger partial charge in [0.05, 0.1) is 91.6 Å². The van der Waals surface area contributed by atoms with Crippen LogP contribution in [-0.4, -0.2) is 638 Å². The molecule has 0 aromatic rings. The van der Waals surface area contributed by atoms with Crippen molar-refractivity contribution in [1.29, 1.82) is 0 Å². The van der Waals surface area contributed by atoms with Gasteiger partial charge in [0, 0.05) is 0 Å². The Kier molecular flexibility index (Phi) is 38.1. The van der Waals surface area contributed by atoms with Crippen molar-refractivity contribution in [2.75, 3.05) is 91.6 Å². The fourth-order valence-electron chi connectivity index (χ4n) is 18.5. The molecule has 61 nitrogen and oxygen atoms in total. The van der Waals surface area contributed by atoms with Gasteiger partial charge in [0.15, 0.2) is 86.6 Å². The minimum atomic E-state index is -3.11.